The van der Waals surface area contributed by atoms with Gasteiger partial charge in [0.25, 0.3) is 0 Å². The lowest BCUT2D eigenvalue weighted by molar-refractivity contribution is 0.264. The summed E-state index contributed by atoms with van der Waals surface area (Å²) in [6.07, 6.45) is 45.2. The molecule has 6 aromatic carbocycles. The van der Waals surface area contributed by atoms with E-state index in [1.54, 1.807) is 44.5 Å². The monoisotopic (exact) mass is 1840 g/mol. The minimum Gasteiger partial charge on any atom is -0.0966 e. The topological polar surface area (TPSA) is 0 Å². The highest BCUT2D eigenvalue weighted by Crippen LogP contribution is 2.61. The van der Waals surface area contributed by atoms with Crippen molar-refractivity contribution in [3.8, 4) is 33.4 Å². The van der Waals surface area contributed by atoms with Gasteiger partial charge in [-0.1, -0.05) is 441 Å². The predicted molar refractivity (Wildman–Crippen MR) is 501 cm³/mol. The molecule has 0 bridgehead atoms. The van der Waals surface area contributed by atoms with Crippen molar-refractivity contribution in [2.24, 2.45) is 41.4 Å². The fourth-order valence-corrected chi connectivity index (χ4v) is 23.4. The minimum absolute atomic E-state index is 0.126. The Kier molecular flexibility index (Phi) is 42.1. The van der Waals surface area contributed by atoms with Crippen LogP contribution in [0.5, 0.6) is 0 Å². The average Bonchev–Trinajstić information content (AvgIpc) is 1.58. The summed E-state index contributed by atoms with van der Waals surface area (Å²) < 4.78 is 2.43. The third-order valence-electron chi connectivity index (χ3n) is 26.4. The van der Waals surface area contributed by atoms with Gasteiger partial charge in [0.15, 0.2) is 0 Å². The summed E-state index contributed by atoms with van der Waals surface area (Å²) in [6.45, 7) is 37.9. The van der Waals surface area contributed by atoms with Crippen molar-refractivity contribution in [3.05, 3.63) is 174 Å². The number of fused-ring (bicyclic) bond motifs is 9. The second-order valence-electron chi connectivity index (χ2n) is 34.2. The first-order valence-corrected chi connectivity index (χ1v) is 50.4. The molecule has 5 aliphatic rings. The van der Waals surface area contributed by atoms with E-state index in [2.05, 4.69) is 316 Å². The van der Waals surface area contributed by atoms with E-state index in [4.69, 9.17) is 0 Å². The summed E-state index contributed by atoms with van der Waals surface area (Å²) in [5.41, 5.74) is 25.2. The van der Waals surface area contributed by atoms with Crippen LogP contribution in [-0.4, -0.2) is 21.3 Å². The molecule has 6 heteroatoms. The maximum absolute atomic E-state index is 3.82. The van der Waals surface area contributed by atoms with E-state index < -0.39 is 0 Å². The molecule has 0 N–H and O–H groups in total. The molecule has 2 fully saturated rings. The Balaban J connectivity index is 0.000000236. The normalized spacial score (nSPS) is 20.0. The standard InChI is InChI=1S/C35H52.C31H46.C29H40Br2.C4H6Br2.2CH3Br/c1-7-11-13-27(9-3)23-35(24-28(10-4)14-12-8-2)33-21-25(5)15-17-31(33)32-18-16-29(22-34(32)35)30-19-26(6)20-30;1-7-11-13-25(9-3)21-31(22-26(10-4)14-12-8-2)29-19-23(5)15-17-27(29)28-18-16-24(6)20-30(28)31;1-5-9-11-21(7-3)19-29(20-22(8-4)12-10-6-2)27-17-23(30)13-15-25(27)26-16-14-24(31)18-28(26)29;5-3-1-4(6)2-3;2*1-2/h15-18,21-22,26-28,30H,7-14,19-20,23-24H2,1-6H3;15-20,25-26H,7-14,21-22H2,1-6H3;13-18,21-22H,5-12,19-20H2,1-4H3;3-4H,1-2H2;2*1H3. The van der Waals surface area contributed by atoms with Crippen LogP contribution in [0, 0.1) is 62.2 Å². The number of halogens is 6. The van der Waals surface area contributed by atoms with Gasteiger partial charge >= 0.3 is 0 Å². The molecule has 5 aliphatic carbocycles. The lowest BCUT2D eigenvalue weighted by Crippen LogP contribution is -2.32. The van der Waals surface area contributed by atoms with E-state index >= 15 is 0 Å². The maximum Gasteiger partial charge on any atom is 0.0221 e. The van der Waals surface area contributed by atoms with Crippen molar-refractivity contribution in [1.29, 1.82) is 0 Å². The SMILES string of the molecule is BrC1CC(Br)C1.CBr.CBr.CCCCC(CC)CC1(CC(CC)CCCC)c2cc(Br)ccc2-c2ccc(Br)cc21.CCCCC(CC)CC1(CC(CC)CCCC)c2cc(C)ccc2-c2ccc(C)cc21.CCCCC(CC)CC1(CC(CC)CCCC)c2cc(C)ccc2-c2ccc(C3CC(C)C3)cc21. The van der Waals surface area contributed by atoms with Crippen LogP contribution >= 0.6 is 95.6 Å². The molecule has 0 amide bonds. The molecule has 0 aliphatic heterocycles. The largest absolute Gasteiger partial charge is 0.0966 e. The number of benzene rings is 6. The molecule has 596 valence electrons. The molecule has 2 saturated carbocycles. The van der Waals surface area contributed by atoms with E-state index in [-0.39, 0.29) is 16.2 Å². The van der Waals surface area contributed by atoms with Crippen LogP contribution in [0.15, 0.2) is 118 Å². The van der Waals surface area contributed by atoms with Crippen molar-refractivity contribution < 1.29 is 0 Å². The zero-order valence-corrected chi connectivity index (χ0v) is 80.5. The first kappa shape index (κ1) is 94.1. The van der Waals surface area contributed by atoms with Gasteiger partial charge in [-0.05, 0) is 241 Å². The summed E-state index contributed by atoms with van der Waals surface area (Å²) in [5.74, 6) is 10.1. The van der Waals surface area contributed by atoms with Gasteiger partial charge < -0.3 is 0 Å². The van der Waals surface area contributed by atoms with E-state index in [9.17, 15) is 0 Å². The molecule has 0 nitrogen and oxygen atoms in total. The fraction of sp³-hybridized carbons (Fsp3) is 0.644. The van der Waals surface area contributed by atoms with E-state index in [1.807, 2.05) is 11.7 Å². The van der Waals surface area contributed by atoms with Crippen LogP contribution in [0.3, 0.4) is 0 Å². The number of hydrogen-bond donors (Lipinski definition) is 0. The lowest BCUT2D eigenvalue weighted by Gasteiger charge is -2.40. The molecule has 0 saturated heterocycles. The van der Waals surface area contributed by atoms with Crippen LogP contribution in [0.25, 0.3) is 33.4 Å². The number of aryl methyl sites for hydroxylation is 3. The van der Waals surface area contributed by atoms with E-state index in [0.29, 0.717) is 0 Å². The Labute approximate surface area is 710 Å². The van der Waals surface area contributed by atoms with Crippen LogP contribution in [0.2, 0.25) is 0 Å². The Bertz CT molecular complexity index is 3220. The summed E-state index contributed by atoms with van der Waals surface area (Å²) in [5, 5.41) is 0. The highest BCUT2D eigenvalue weighted by Gasteiger charge is 2.49. The molecule has 0 spiro atoms. The van der Waals surface area contributed by atoms with Crippen LogP contribution in [-0.2, 0) is 16.2 Å². The number of unbranched alkanes of at least 4 members (excludes halogenated alkanes) is 6. The van der Waals surface area contributed by atoms with Crippen LogP contribution < -0.4 is 0 Å². The molecular formula is C101H150Br6. The van der Waals surface area contributed by atoms with Gasteiger partial charge in [0, 0.05) is 34.8 Å². The Morgan fingerprint density at radius 1 is 0.308 bits per heavy atom. The van der Waals surface area contributed by atoms with Crippen LogP contribution in [0.1, 0.15) is 370 Å². The first-order valence-electron chi connectivity index (χ1n) is 43.8. The third-order valence-corrected chi connectivity index (χ3v) is 28.9. The quantitative estimate of drug-likeness (QED) is 0.0341. The summed E-state index contributed by atoms with van der Waals surface area (Å²) in [7, 11) is 0. The van der Waals surface area contributed by atoms with Crippen LogP contribution in [0.4, 0.5) is 0 Å². The van der Waals surface area contributed by atoms with Gasteiger partial charge in [-0.15, -0.1) is 0 Å². The zero-order valence-electron chi connectivity index (χ0n) is 71.0. The lowest BCUT2D eigenvalue weighted by atomic mass is 9.64. The second kappa shape index (κ2) is 47.9. The fourth-order valence-electron chi connectivity index (χ4n) is 19.9. The molecule has 11 rings (SSSR count). The van der Waals surface area contributed by atoms with E-state index in [0.717, 1.165) is 57.0 Å². The molecule has 0 heterocycles. The van der Waals surface area contributed by atoms with E-state index in [1.165, 1.54) is 272 Å². The smallest absolute Gasteiger partial charge is 0.0221 e. The van der Waals surface area contributed by atoms with Gasteiger partial charge in [-0.25, -0.2) is 0 Å². The number of rotatable bonds is 37. The van der Waals surface area contributed by atoms with Gasteiger partial charge in [0.05, 0.1) is 0 Å². The predicted octanol–water partition coefficient (Wildman–Crippen LogP) is 35.8. The van der Waals surface area contributed by atoms with Gasteiger partial charge in [0.2, 0.25) is 0 Å². The average molecular weight is 1840 g/mol. The zero-order chi connectivity index (χ0) is 78.4. The second-order valence-corrected chi connectivity index (χ2v) is 38.7. The van der Waals surface area contributed by atoms with Gasteiger partial charge in [-0.2, -0.15) is 0 Å². The Morgan fingerprint density at radius 3 is 0.748 bits per heavy atom. The summed E-state index contributed by atoms with van der Waals surface area (Å²) >= 11 is 20.5. The molecule has 6 unspecified atom stereocenters. The molecule has 0 aromatic heterocycles. The summed E-state index contributed by atoms with van der Waals surface area (Å²) in [6, 6.07) is 43.7. The molecule has 107 heavy (non-hydrogen) atoms. The molecule has 0 radical (unpaired) electrons. The summed E-state index contributed by atoms with van der Waals surface area (Å²) in [4.78, 5) is 1.61. The molecular weight excluding hydrogens is 1690 g/mol. The maximum atomic E-state index is 3.82. The Morgan fingerprint density at radius 2 is 0.533 bits per heavy atom. The third kappa shape index (κ3) is 24.6. The molecule has 6 aromatic rings. The van der Waals surface area contributed by atoms with Gasteiger partial charge in [-0.3, -0.25) is 0 Å². The van der Waals surface area contributed by atoms with Crippen molar-refractivity contribution >= 4 is 95.6 Å². The minimum atomic E-state index is 0.126. The number of hydrogen-bond acceptors (Lipinski definition) is 0. The van der Waals surface area contributed by atoms with Crippen molar-refractivity contribution in [1.82, 2.24) is 0 Å². The van der Waals surface area contributed by atoms with Gasteiger partial charge in [0.1, 0.15) is 0 Å². The first-order chi connectivity index (χ1) is 51.7. The highest BCUT2D eigenvalue weighted by atomic mass is 79.9. The van der Waals surface area contributed by atoms with Crippen molar-refractivity contribution in [2.75, 3.05) is 11.7 Å². The van der Waals surface area contributed by atoms with Crippen molar-refractivity contribution in [2.45, 2.75) is 361 Å². The molecule has 6 atom stereocenters. The Hall–Kier alpha value is -1.80. The van der Waals surface area contributed by atoms with Crippen molar-refractivity contribution in [3.63, 3.8) is 0 Å². The number of alkyl halides is 4. The highest BCUT2D eigenvalue weighted by molar-refractivity contribution is 9.11.